The highest BCUT2D eigenvalue weighted by Gasteiger charge is 2.34. The molecule has 2 atom stereocenters. The van der Waals surface area contributed by atoms with Crippen molar-refractivity contribution >= 4 is 5.69 Å². The lowest BCUT2D eigenvalue weighted by Crippen LogP contribution is -2.35. The number of nitro groups is 1. The van der Waals surface area contributed by atoms with Gasteiger partial charge in [0.05, 0.1) is 12.0 Å². The van der Waals surface area contributed by atoms with E-state index in [-0.39, 0.29) is 29.4 Å². The Kier molecular flexibility index (Phi) is 5.82. The number of methoxy groups -OCH3 is 1. The second kappa shape index (κ2) is 7.14. The van der Waals surface area contributed by atoms with Crippen molar-refractivity contribution < 1.29 is 9.66 Å². The molecular weight excluding hydrogens is 260 g/mol. The number of hydrogen-bond acceptors (Lipinski definition) is 6. The van der Waals surface area contributed by atoms with E-state index in [1.807, 2.05) is 27.7 Å². The molecule has 0 aromatic carbocycles. The van der Waals surface area contributed by atoms with E-state index in [2.05, 4.69) is 15.3 Å². The van der Waals surface area contributed by atoms with E-state index >= 15 is 0 Å². The molecule has 0 amide bonds. The molecule has 0 saturated heterocycles. The van der Waals surface area contributed by atoms with Gasteiger partial charge in [-0.3, -0.25) is 10.1 Å². The first-order valence-electron chi connectivity index (χ1n) is 6.70. The molecule has 0 spiro atoms. The average Bonchev–Trinajstić information content (AvgIpc) is 2.38. The highest BCUT2D eigenvalue weighted by Crippen LogP contribution is 2.36. The minimum Gasteiger partial charge on any atom is -0.476 e. The molecule has 0 radical (unpaired) electrons. The maximum Gasteiger partial charge on any atom is 0.352 e. The number of ether oxygens (including phenoxy) is 1. The minimum atomic E-state index is -0.470. The summed E-state index contributed by atoms with van der Waals surface area (Å²) >= 11 is 0. The van der Waals surface area contributed by atoms with Crippen LogP contribution in [0.3, 0.4) is 0 Å². The van der Waals surface area contributed by atoms with Gasteiger partial charge in [0.15, 0.2) is 0 Å². The molecule has 0 bridgehead atoms. The average molecular weight is 282 g/mol. The molecule has 7 nitrogen and oxygen atoms in total. The highest BCUT2D eigenvalue weighted by molar-refractivity contribution is 5.47. The summed E-state index contributed by atoms with van der Waals surface area (Å²) in [4.78, 5) is 18.9. The Labute approximate surface area is 118 Å². The molecule has 2 unspecified atom stereocenters. The smallest absolute Gasteiger partial charge is 0.352 e. The first-order chi connectivity index (χ1) is 9.43. The van der Waals surface area contributed by atoms with Crippen LogP contribution in [0.4, 0.5) is 5.69 Å². The third-order valence-electron chi connectivity index (χ3n) is 3.29. The Morgan fingerprint density at radius 3 is 2.50 bits per heavy atom. The maximum absolute atomic E-state index is 11.3. The van der Waals surface area contributed by atoms with Crippen molar-refractivity contribution in [1.29, 1.82) is 0 Å². The van der Waals surface area contributed by atoms with E-state index in [1.165, 1.54) is 13.4 Å². The van der Waals surface area contributed by atoms with Crippen LogP contribution < -0.4 is 10.1 Å². The van der Waals surface area contributed by atoms with Crippen LogP contribution in [0.1, 0.15) is 39.3 Å². The summed E-state index contributed by atoms with van der Waals surface area (Å²) < 4.78 is 5.00. The molecule has 0 aliphatic carbocycles. The molecule has 1 aromatic heterocycles. The highest BCUT2D eigenvalue weighted by atomic mass is 16.6. The Morgan fingerprint density at radius 2 is 2.05 bits per heavy atom. The quantitative estimate of drug-likeness (QED) is 0.608. The number of nitrogens with zero attached hydrogens (tertiary/aromatic N) is 3. The summed E-state index contributed by atoms with van der Waals surface area (Å²) in [6, 6.07) is 0.0679. The van der Waals surface area contributed by atoms with Crippen molar-refractivity contribution in [3.8, 4) is 5.88 Å². The lowest BCUT2D eigenvalue weighted by Gasteiger charge is -2.27. The summed E-state index contributed by atoms with van der Waals surface area (Å²) in [5.74, 6) is 0.115. The third kappa shape index (κ3) is 3.41. The van der Waals surface area contributed by atoms with Gasteiger partial charge in [-0.25, -0.2) is 4.98 Å². The van der Waals surface area contributed by atoms with Crippen molar-refractivity contribution in [3.63, 3.8) is 0 Å². The van der Waals surface area contributed by atoms with Crippen LogP contribution >= 0.6 is 0 Å². The number of nitrogens with one attached hydrogen (secondary N) is 1. The van der Waals surface area contributed by atoms with Gasteiger partial charge in [-0.1, -0.05) is 20.8 Å². The van der Waals surface area contributed by atoms with Gasteiger partial charge in [0.25, 0.3) is 5.88 Å². The van der Waals surface area contributed by atoms with Crippen LogP contribution in [0, 0.1) is 16.0 Å². The molecule has 0 saturated carbocycles. The van der Waals surface area contributed by atoms with Gasteiger partial charge in [0.1, 0.15) is 12.0 Å². The van der Waals surface area contributed by atoms with Gasteiger partial charge in [0, 0.05) is 12.0 Å². The van der Waals surface area contributed by atoms with Crippen LogP contribution in [-0.2, 0) is 0 Å². The number of hydrogen-bond donors (Lipinski definition) is 1. The second-order valence-electron chi connectivity index (χ2n) is 4.99. The number of aromatic nitrogens is 2. The SMILES string of the molecule is CCNC(C)C(c1ncnc(OC)c1[N+](=O)[O-])C(C)C. The summed E-state index contributed by atoms with van der Waals surface area (Å²) in [5.41, 5.74) is 0.281. The summed E-state index contributed by atoms with van der Waals surface area (Å²) in [5, 5.41) is 14.6. The Morgan fingerprint density at radius 1 is 1.40 bits per heavy atom. The monoisotopic (exact) mass is 282 g/mol. The Bertz CT molecular complexity index is 465. The van der Waals surface area contributed by atoms with Crippen molar-refractivity contribution in [2.75, 3.05) is 13.7 Å². The van der Waals surface area contributed by atoms with Crippen molar-refractivity contribution in [3.05, 3.63) is 22.1 Å². The molecule has 0 aliphatic rings. The second-order valence-corrected chi connectivity index (χ2v) is 4.99. The fourth-order valence-corrected chi connectivity index (χ4v) is 2.52. The molecular formula is C13H22N4O3. The van der Waals surface area contributed by atoms with Crippen LogP contribution in [0.15, 0.2) is 6.33 Å². The van der Waals surface area contributed by atoms with Gasteiger partial charge in [0.2, 0.25) is 0 Å². The van der Waals surface area contributed by atoms with E-state index in [9.17, 15) is 10.1 Å². The fourth-order valence-electron chi connectivity index (χ4n) is 2.52. The standard InChI is InChI=1S/C13H22N4O3/c1-6-14-9(4)10(8(2)3)11-12(17(18)19)13(20-5)16-7-15-11/h7-10,14H,6H2,1-5H3. The van der Waals surface area contributed by atoms with Crippen LogP contribution in [0.2, 0.25) is 0 Å². The Balaban J connectivity index is 3.36. The van der Waals surface area contributed by atoms with E-state index in [0.717, 1.165) is 6.54 Å². The molecule has 112 valence electrons. The minimum absolute atomic E-state index is 0.00866. The van der Waals surface area contributed by atoms with E-state index in [0.29, 0.717) is 5.69 Å². The predicted octanol–water partition coefficient (Wildman–Crippen LogP) is 2.13. The number of rotatable bonds is 7. The zero-order valence-corrected chi connectivity index (χ0v) is 12.6. The van der Waals surface area contributed by atoms with E-state index < -0.39 is 4.92 Å². The zero-order valence-electron chi connectivity index (χ0n) is 12.6. The van der Waals surface area contributed by atoms with E-state index in [4.69, 9.17) is 4.74 Å². The molecule has 1 heterocycles. The molecule has 7 heteroatoms. The number of likely N-dealkylation sites (N-methyl/N-ethyl adjacent to an activating group) is 1. The molecule has 1 rings (SSSR count). The van der Waals surface area contributed by atoms with Gasteiger partial charge in [-0.15, -0.1) is 0 Å². The molecule has 1 N–H and O–H groups in total. The normalized spacial score (nSPS) is 14.1. The van der Waals surface area contributed by atoms with Crippen LogP contribution in [0.5, 0.6) is 5.88 Å². The zero-order chi connectivity index (χ0) is 15.3. The van der Waals surface area contributed by atoms with Gasteiger partial charge in [-0.05, 0) is 19.4 Å². The lowest BCUT2D eigenvalue weighted by atomic mass is 9.85. The first-order valence-corrected chi connectivity index (χ1v) is 6.70. The van der Waals surface area contributed by atoms with Crippen LogP contribution in [-0.4, -0.2) is 34.6 Å². The molecule has 0 fully saturated rings. The van der Waals surface area contributed by atoms with Crippen molar-refractivity contribution in [2.45, 2.75) is 39.7 Å². The van der Waals surface area contributed by atoms with Gasteiger partial charge < -0.3 is 10.1 Å². The molecule has 0 aliphatic heterocycles. The first kappa shape index (κ1) is 16.3. The van der Waals surface area contributed by atoms with Gasteiger partial charge >= 0.3 is 5.69 Å². The van der Waals surface area contributed by atoms with Crippen LogP contribution in [0.25, 0.3) is 0 Å². The molecule has 1 aromatic rings. The van der Waals surface area contributed by atoms with Crippen molar-refractivity contribution in [2.24, 2.45) is 5.92 Å². The Hall–Kier alpha value is -1.76. The largest absolute Gasteiger partial charge is 0.476 e. The summed E-state index contributed by atoms with van der Waals surface area (Å²) in [6.07, 6.45) is 1.31. The van der Waals surface area contributed by atoms with E-state index in [1.54, 1.807) is 0 Å². The van der Waals surface area contributed by atoms with Gasteiger partial charge in [-0.2, -0.15) is 4.98 Å². The molecule has 20 heavy (non-hydrogen) atoms. The predicted molar refractivity (Wildman–Crippen MR) is 76.0 cm³/mol. The third-order valence-corrected chi connectivity index (χ3v) is 3.29. The summed E-state index contributed by atoms with van der Waals surface area (Å²) in [7, 11) is 1.37. The lowest BCUT2D eigenvalue weighted by molar-refractivity contribution is -0.387. The maximum atomic E-state index is 11.3. The summed E-state index contributed by atoms with van der Waals surface area (Å²) in [6.45, 7) is 8.85. The van der Waals surface area contributed by atoms with Crippen molar-refractivity contribution in [1.82, 2.24) is 15.3 Å². The topological polar surface area (TPSA) is 90.2 Å². The fraction of sp³-hybridized carbons (Fsp3) is 0.692.